The molecule has 0 N–H and O–H groups in total. The van der Waals surface area contributed by atoms with Gasteiger partial charge in [0.15, 0.2) is 5.78 Å². The largest absolute Gasteiger partial charge is 0.491 e. The molecule has 0 aromatic heterocycles. The van der Waals surface area contributed by atoms with Gasteiger partial charge in [-0.3, -0.25) is 14.9 Å². The van der Waals surface area contributed by atoms with E-state index in [0.29, 0.717) is 12.4 Å². The Balaban J connectivity index is 2.11. The molecule has 102 valence electrons. The van der Waals surface area contributed by atoms with Crippen molar-refractivity contribution in [2.45, 2.75) is 25.9 Å². The maximum Gasteiger partial charge on any atom is 0.280 e. The first-order chi connectivity index (χ1) is 9.08. The molecule has 1 heterocycles. The molecule has 6 nitrogen and oxygen atoms in total. The number of ketones is 1. The molecular weight excluding hydrogens is 250 g/mol. The minimum atomic E-state index is -0.569. The molecule has 0 radical (unpaired) electrons. The van der Waals surface area contributed by atoms with Crippen LogP contribution in [0.5, 0.6) is 5.75 Å². The summed E-state index contributed by atoms with van der Waals surface area (Å²) in [5.41, 5.74) is -0.133. The smallest absolute Gasteiger partial charge is 0.280 e. The van der Waals surface area contributed by atoms with Gasteiger partial charge < -0.3 is 9.47 Å². The summed E-state index contributed by atoms with van der Waals surface area (Å²) in [6.07, 6.45) is 2.04. The van der Waals surface area contributed by atoms with E-state index >= 15 is 0 Å². The monoisotopic (exact) mass is 265 g/mol. The van der Waals surface area contributed by atoms with Gasteiger partial charge in [0.1, 0.15) is 12.4 Å². The summed E-state index contributed by atoms with van der Waals surface area (Å²) in [4.78, 5) is 21.6. The number of ether oxygens (including phenoxy) is 2. The van der Waals surface area contributed by atoms with E-state index in [-0.39, 0.29) is 23.1 Å². The summed E-state index contributed by atoms with van der Waals surface area (Å²) in [6.45, 7) is 2.44. The van der Waals surface area contributed by atoms with Gasteiger partial charge in [-0.05, 0) is 31.9 Å². The molecule has 0 bridgehead atoms. The molecular formula is C13H15NO5. The fourth-order valence-electron chi connectivity index (χ4n) is 2.01. The summed E-state index contributed by atoms with van der Waals surface area (Å²) < 4.78 is 10.9. The Morgan fingerprint density at radius 3 is 2.95 bits per heavy atom. The Kier molecular flexibility index (Phi) is 4.11. The molecule has 0 saturated carbocycles. The molecule has 2 rings (SSSR count). The number of carbonyl (C=O) groups excluding carboxylic acids is 1. The standard InChI is InChI=1S/C13H15NO5/c1-9(15)12-7-10(4-5-13(12)14(16)17)19-8-11-3-2-6-18-11/h4-5,7,11H,2-3,6,8H2,1H3. The number of carbonyl (C=O) groups is 1. The Morgan fingerprint density at radius 2 is 2.37 bits per heavy atom. The van der Waals surface area contributed by atoms with Gasteiger partial charge in [-0.25, -0.2) is 0 Å². The first-order valence-corrected chi connectivity index (χ1v) is 6.11. The third-order valence-corrected chi connectivity index (χ3v) is 3.00. The maximum atomic E-state index is 11.4. The van der Waals surface area contributed by atoms with E-state index in [1.54, 1.807) is 0 Å². The van der Waals surface area contributed by atoms with Crippen LogP contribution in [0, 0.1) is 10.1 Å². The highest BCUT2D eigenvalue weighted by Gasteiger charge is 2.20. The van der Waals surface area contributed by atoms with Crippen molar-refractivity contribution in [3.63, 3.8) is 0 Å². The summed E-state index contributed by atoms with van der Waals surface area (Å²) >= 11 is 0. The van der Waals surface area contributed by atoms with Gasteiger partial charge in [-0.2, -0.15) is 0 Å². The van der Waals surface area contributed by atoms with Crippen molar-refractivity contribution >= 4 is 11.5 Å². The molecule has 1 aromatic rings. The lowest BCUT2D eigenvalue weighted by Gasteiger charge is -2.11. The van der Waals surface area contributed by atoms with E-state index in [0.717, 1.165) is 19.4 Å². The molecule has 1 aromatic carbocycles. The molecule has 0 aliphatic carbocycles. The Labute approximate surface area is 110 Å². The van der Waals surface area contributed by atoms with Crippen LogP contribution in [0.3, 0.4) is 0 Å². The van der Waals surface area contributed by atoms with Gasteiger partial charge in [-0.15, -0.1) is 0 Å². The second kappa shape index (κ2) is 5.79. The van der Waals surface area contributed by atoms with E-state index in [2.05, 4.69) is 0 Å². The van der Waals surface area contributed by atoms with Crippen molar-refractivity contribution < 1.29 is 19.2 Å². The Hall–Kier alpha value is -1.95. The van der Waals surface area contributed by atoms with Crippen LogP contribution >= 0.6 is 0 Å². The zero-order valence-corrected chi connectivity index (χ0v) is 10.6. The van der Waals surface area contributed by atoms with Crippen LogP contribution in [0.2, 0.25) is 0 Å². The van der Waals surface area contributed by atoms with Crippen molar-refractivity contribution in [2.75, 3.05) is 13.2 Å². The van der Waals surface area contributed by atoms with Crippen LogP contribution in [-0.4, -0.2) is 30.0 Å². The Bertz CT molecular complexity index is 494. The summed E-state index contributed by atoms with van der Waals surface area (Å²) in [6, 6.07) is 4.20. The number of benzene rings is 1. The number of hydrogen-bond acceptors (Lipinski definition) is 5. The number of hydrogen-bond donors (Lipinski definition) is 0. The van der Waals surface area contributed by atoms with E-state index in [4.69, 9.17) is 9.47 Å². The minimum absolute atomic E-state index is 0.0647. The number of nitro groups is 1. The highest BCUT2D eigenvalue weighted by Crippen LogP contribution is 2.25. The van der Waals surface area contributed by atoms with E-state index < -0.39 is 4.92 Å². The second-order valence-corrected chi connectivity index (χ2v) is 4.44. The minimum Gasteiger partial charge on any atom is -0.491 e. The van der Waals surface area contributed by atoms with E-state index in [1.807, 2.05) is 0 Å². The normalized spacial score (nSPS) is 18.3. The molecule has 1 atom stereocenters. The SMILES string of the molecule is CC(=O)c1cc(OCC2CCCO2)ccc1[N+](=O)[O-]. The molecule has 1 aliphatic rings. The van der Waals surface area contributed by atoms with Crippen molar-refractivity contribution in [3.05, 3.63) is 33.9 Å². The lowest BCUT2D eigenvalue weighted by atomic mass is 10.1. The molecule has 1 unspecified atom stereocenters. The number of Topliss-reactive ketones (excluding diaryl/α,β-unsaturated/α-hetero) is 1. The third kappa shape index (κ3) is 3.29. The van der Waals surface area contributed by atoms with Gasteiger partial charge in [0.2, 0.25) is 0 Å². The van der Waals surface area contributed by atoms with Gasteiger partial charge >= 0.3 is 0 Å². The van der Waals surface area contributed by atoms with Crippen LogP contribution in [0.1, 0.15) is 30.1 Å². The van der Waals surface area contributed by atoms with Crippen molar-refractivity contribution in [3.8, 4) is 5.75 Å². The fraction of sp³-hybridized carbons (Fsp3) is 0.462. The predicted octanol–water partition coefficient (Wildman–Crippen LogP) is 2.36. The Morgan fingerprint density at radius 1 is 1.58 bits per heavy atom. The molecule has 1 aliphatic heterocycles. The van der Waals surface area contributed by atoms with Crippen LogP contribution in [0.15, 0.2) is 18.2 Å². The van der Waals surface area contributed by atoms with Crippen LogP contribution in [0.25, 0.3) is 0 Å². The first-order valence-electron chi connectivity index (χ1n) is 6.11. The number of rotatable bonds is 5. The molecule has 0 amide bonds. The summed E-state index contributed by atoms with van der Waals surface area (Å²) in [5, 5.41) is 10.8. The molecule has 1 fully saturated rings. The lowest BCUT2D eigenvalue weighted by molar-refractivity contribution is -0.385. The van der Waals surface area contributed by atoms with Crippen molar-refractivity contribution in [1.29, 1.82) is 0 Å². The van der Waals surface area contributed by atoms with E-state index in [9.17, 15) is 14.9 Å². The van der Waals surface area contributed by atoms with Gasteiger partial charge in [-0.1, -0.05) is 0 Å². The summed E-state index contributed by atoms with van der Waals surface area (Å²) in [5.74, 6) is 0.0977. The number of nitro benzene ring substituents is 1. The highest BCUT2D eigenvalue weighted by atomic mass is 16.6. The molecule has 19 heavy (non-hydrogen) atoms. The second-order valence-electron chi connectivity index (χ2n) is 4.44. The zero-order valence-electron chi connectivity index (χ0n) is 10.6. The fourth-order valence-corrected chi connectivity index (χ4v) is 2.01. The average molecular weight is 265 g/mol. The van der Waals surface area contributed by atoms with Gasteiger partial charge in [0, 0.05) is 12.7 Å². The lowest BCUT2D eigenvalue weighted by Crippen LogP contribution is -2.16. The molecule has 0 spiro atoms. The van der Waals surface area contributed by atoms with Crippen molar-refractivity contribution in [2.24, 2.45) is 0 Å². The average Bonchev–Trinajstić information content (AvgIpc) is 2.88. The first kappa shape index (κ1) is 13.5. The quantitative estimate of drug-likeness (QED) is 0.464. The van der Waals surface area contributed by atoms with Crippen LogP contribution in [0.4, 0.5) is 5.69 Å². The third-order valence-electron chi connectivity index (χ3n) is 3.00. The highest BCUT2D eigenvalue weighted by molar-refractivity contribution is 5.98. The van der Waals surface area contributed by atoms with Gasteiger partial charge in [0.25, 0.3) is 5.69 Å². The molecule has 1 saturated heterocycles. The molecule has 6 heteroatoms. The van der Waals surface area contributed by atoms with E-state index in [1.165, 1.54) is 25.1 Å². The topological polar surface area (TPSA) is 78.7 Å². The predicted molar refractivity (Wildman–Crippen MR) is 67.6 cm³/mol. The summed E-state index contributed by atoms with van der Waals surface area (Å²) in [7, 11) is 0. The van der Waals surface area contributed by atoms with Crippen LogP contribution in [-0.2, 0) is 4.74 Å². The number of nitrogens with zero attached hydrogens (tertiary/aromatic N) is 1. The van der Waals surface area contributed by atoms with Crippen LogP contribution < -0.4 is 4.74 Å². The zero-order chi connectivity index (χ0) is 13.8. The van der Waals surface area contributed by atoms with Gasteiger partial charge in [0.05, 0.1) is 16.6 Å². The maximum absolute atomic E-state index is 11.4. The van der Waals surface area contributed by atoms with Crippen molar-refractivity contribution in [1.82, 2.24) is 0 Å².